The highest BCUT2D eigenvalue weighted by molar-refractivity contribution is 6.10. The van der Waals surface area contributed by atoms with Gasteiger partial charge in [0.1, 0.15) is 0 Å². The van der Waals surface area contributed by atoms with E-state index in [-0.39, 0.29) is 5.69 Å². The van der Waals surface area contributed by atoms with Crippen molar-refractivity contribution in [2.24, 2.45) is 4.99 Å². The predicted molar refractivity (Wildman–Crippen MR) is 81.3 cm³/mol. The molecule has 0 aliphatic carbocycles. The largest absolute Gasteiger partial charge is 0.269 e. The van der Waals surface area contributed by atoms with E-state index in [2.05, 4.69) is 4.99 Å². The van der Waals surface area contributed by atoms with Gasteiger partial charge >= 0.3 is 0 Å². The fourth-order valence-corrected chi connectivity index (χ4v) is 1.75. The van der Waals surface area contributed by atoms with Gasteiger partial charge in [0.15, 0.2) is 0 Å². The zero-order valence-corrected chi connectivity index (χ0v) is 11.1. The summed E-state index contributed by atoms with van der Waals surface area (Å²) in [5.41, 5.74) is 2.84. The number of hydrogen-bond donors (Lipinski definition) is 0. The molecule has 4 nitrogen and oxygen atoms in total. The first kappa shape index (κ1) is 13.7. The van der Waals surface area contributed by atoms with Crippen LogP contribution in [0.4, 0.5) is 11.4 Å². The monoisotopic (exact) mass is 266 g/mol. The maximum Gasteiger partial charge on any atom is 0.269 e. The van der Waals surface area contributed by atoms with Crippen molar-refractivity contribution in [3.63, 3.8) is 0 Å². The molecule has 0 atom stereocenters. The Morgan fingerprint density at radius 2 is 1.75 bits per heavy atom. The van der Waals surface area contributed by atoms with Crippen molar-refractivity contribution in [2.75, 3.05) is 0 Å². The van der Waals surface area contributed by atoms with Crippen LogP contribution < -0.4 is 0 Å². The van der Waals surface area contributed by atoms with Crippen LogP contribution in [0.1, 0.15) is 12.5 Å². The van der Waals surface area contributed by atoms with Crippen molar-refractivity contribution in [1.82, 2.24) is 0 Å². The Hall–Kier alpha value is -2.75. The third-order valence-electron chi connectivity index (χ3n) is 2.83. The lowest BCUT2D eigenvalue weighted by atomic mass is 10.1. The average molecular weight is 266 g/mol. The minimum absolute atomic E-state index is 0.0678. The first-order valence-corrected chi connectivity index (χ1v) is 6.21. The van der Waals surface area contributed by atoms with Crippen molar-refractivity contribution >= 4 is 23.2 Å². The van der Waals surface area contributed by atoms with Crippen LogP contribution in [-0.2, 0) is 0 Å². The summed E-state index contributed by atoms with van der Waals surface area (Å²) in [6.45, 7) is 1.95. The summed E-state index contributed by atoms with van der Waals surface area (Å²) in [6, 6.07) is 16.1. The molecule has 2 aromatic rings. The summed E-state index contributed by atoms with van der Waals surface area (Å²) >= 11 is 0. The second-order valence-electron chi connectivity index (χ2n) is 4.14. The van der Waals surface area contributed by atoms with E-state index in [9.17, 15) is 10.1 Å². The molecule has 0 spiro atoms. The number of allylic oxidation sites excluding steroid dienone is 2. The Bertz CT molecular complexity index is 644. The number of benzene rings is 2. The van der Waals surface area contributed by atoms with Gasteiger partial charge in [0.25, 0.3) is 5.69 Å². The molecule has 0 saturated carbocycles. The number of aliphatic imine (C=N–C) groups is 1. The van der Waals surface area contributed by atoms with Crippen LogP contribution in [0.5, 0.6) is 0 Å². The minimum atomic E-state index is -0.422. The van der Waals surface area contributed by atoms with Crippen LogP contribution in [0.25, 0.3) is 5.57 Å². The lowest BCUT2D eigenvalue weighted by molar-refractivity contribution is -0.384. The van der Waals surface area contributed by atoms with Gasteiger partial charge in [-0.15, -0.1) is 0 Å². The Labute approximate surface area is 117 Å². The SMILES string of the molecule is C/C=C(/C=Nc1ccc([N+](=O)[O-])cc1)c1ccccc1. The van der Waals surface area contributed by atoms with Gasteiger partial charge in [0, 0.05) is 18.3 Å². The zero-order chi connectivity index (χ0) is 14.4. The molecule has 0 radical (unpaired) electrons. The van der Waals surface area contributed by atoms with Crippen LogP contribution >= 0.6 is 0 Å². The smallest absolute Gasteiger partial charge is 0.258 e. The number of nitro groups is 1. The molecule has 2 rings (SSSR count). The molecule has 0 heterocycles. The van der Waals surface area contributed by atoms with Crippen molar-refractivity contribution in [1.29, 1.82) is 0 Å². The normalized spacial score (nSPS) is 11.8. The van der Waals surface area contributed by atoms with E-state index in [1.807, 2.05) is 43.3 Å². The first-order valence-electron chi connectivity index (χ1n) is 6.21. The highest BCUT2D eigenvalue weighted by atomic mass is 16.6. The van der Waals surface area contributed by atoms with Crippen LogP contribution in [0, 0.1) is 10.1 Å². The summed E-state index contributed by atoms with van der Waals surface area (Å²) in [6.07, 6.45) is 3.74. The summed E-state index contributed by atoms with van der Waals surface area (Å²) in [5, 5.41) is 10.6. The minimum Gasteiger partial charge on any atom is -0.258 e. The van der Waals surface area contributed by atoms with E-state index in [1.54, 1.807) is 18.3 Å². The molecule has 0 N–H and O–H groups in total. The lowest BCUT2D eigenvalue weighted by Crippen LogP contribution is -1.86. The average Bonchev–Trinajstić information content (AvgIpc) is 2.49. The van der Waals surface area contributed by atoms with Crippen molar-refractivity contribution in [3.8, 4) is 0 Å². The standard InChI is InChI=1S/C16H14N2O2/c1-2-13(14-6-4-3-5-7-14)12-17-15-8-10-16(11-9-15)18(19)20/h2-12H,1H3/b13-2-,17-12?. The molecule has 0 amide bonds. The highest BCUT2D eigenvalue weighted by Crippen LogP contribution is 2.19. The highest BCUT2D eigenvalue weighted by Gasteiger charge is 2.03. The Morgan fingerprint density at radius 1 is 1.10 bits per heavy atom. The molecule has 0 fully saturated rings. The molecular weight excluding hydrogens is 252 g/mol. The van der Waals surface area contributed by atoms with E-state index < -0.39 is 4.92 Å². The summed E-state index contributed by atoms with van der Waals surface area (Å²) in [7, 11) is 0. The molecule has 0 aliphatic rings. The Morgan fingerprint density at radius 3 is 2.30 bits per heavy atom. The molecule has 2 aromatic carbocycles. The number of nitro benzene ring substituents is 1. The van der Waals surface area contributed by atoms with Crippen LogP contribution in [0.15, 0.2) is 65.7 Å². The molecule has 0 unspecified atom stereocenters. The van der Waals surface area contributed by atoms with Gasteiger partial charge in [-0.25, -0.2) is 0 Å². The van der Waals surface area contributed by atoms with Gasteiger partial charge in [0.2, 0.25) is 0 Å². The van der Waals surface area contributed by atoms with Gasteiger partial charge in [-0.1, -0.05) is 36.4 Å². The van der Waals surface area contributed by atoms with E-state index in [4.69, 9.17) is 0 Å². The second kappa shape index (κ2) is 6.43. The number of nitrogens with zero attached hydrogens (tertiary/aromatic N) is 2. The zero-order valence-electron chi connectivity index (χ0n) is 11.1. The van der Waals surface area contributed by atoms with Crippen LogP contribution in [0.2, 0.25) is 0 Å². The maximum atomic E-state index is 10.6. The van der Waals surface area contributed by atoms with Gasteiger partial charge in [0.05, 0.1) is 10.6 Å². The molecule has 0 aliphatic heterocycles. The molecule has 0 bridgehead atoms. The third kappa shape index (κ3) is 3.38. The maximum absolute atomic E-state index is 10.6. The van der Waals surface area contributed by atoms with Gasteiger partial charge in [-0.3, -0.25) is 15.1 Å². The third-order valence-corrected chi connectivity index (χ3v) is 2.83. The van der Waals surface area contributed by atoms with Crippen molar-refractivity contribution in [2.45, 2.75) is 6.92 Å². The van der Waals surface area contributed by atoms with Crippen molar-refractivity contribution < 1.29 is 4.92 Å². The molecule has 0 saturated heterocycles. The van der Waals surface area contributed by atoms with E-state index in [0.717, 1.165) is 11.1 Å². The van der Waals surface area contributed by atoms with E-state index in [1.165, 1.54) is 12.1 Å². The second-order valence-corrected chi connectivity index (χ2v) is 4.14. The Kier molecular flexibility index (Phi) is 4.39. The van der Waals surface area contributed by atoms with E-state index >= 15 is 0 Å². The molecule has 20 heavy (non-hydrogen) atoms. The van der Waals surface area contributed by atoms with Gasteiger partial charge < -0.3 is 0 Å². The lowest BCUT2D eigenvalue weighted by Gasteiger charge is -2.00. The predicted octanol–water partition coefficient (Wildman–Crippen LogP) is 4.40. The van der Waals surface area contributed by atoms with E-state index in [0.29, 0.717) is 5.69 Å². The fraction of sp³-hybridized carbons (Fsp3) is 0.0625. The van der Waals surface area contributed by atoms with Gasteiger partial charge in [-0.2, -0.15) is 0 Å². The number of rotatable bonds is 4. The van der Waals surface area contributed by atoms with Gasteiger partial charge in [-0.05, 0) is 30.2 Å². The Balaban J connectivity index is 2.18. The van der Waals surface area contributed by atoms with Crippen LogP contribution in [-0.4, -0.2) is 11.1 Å². The molecule has 0 aromatic heterocycles. The summed E-state index contributed by atoms with van der Waals surface area (Å²) < 4.78 is 0. The van der Waals surface area contributed by atoms with Crippen LogP contribution in [0.3, 0.4) is 0 Å². The first-order chi connectivity index (χ1) is 9.70. The van der Waals surface area contributed by atoms with Crippen molar-refractivity contribution in [3.05, 3.63) is 76.4 Å². The number of non-ortho nitro benzene ring substituents is 1. The molecule has 4 heteroatoms. The molecule has 100 valence electrons. The summed E-state index contributed by atoms with van der Waals surface area (Å²) in [5.74, 6) is 0. The summed E-state index contributed by atoms with van der Waals surface area (Å²) in [4.78, 5) is 14.5. The topological polar surface area (TPSA) is 55.5 Å². The molecular formula is C16H14N2O2. The fourth-order valence-electron chi connectivity index (χ4n) is 1.75. The number of hydrogen-bond acceptors (Lipinski definition) is 3. The quantitative estimate of drug-likeness (QED) is 0.468.